The maximum Gasteiger partial charge on any atom is 0.227 e. The number of hydrogen-bond donors (Lipinski definition) is 1. The fourth-order valence-electron chi connectivity index (χ4n) is 4.65. The lowest BCUT2D eigenvalue weighted by atomic mass is 9.99. The number of fused-ring (bicyclic) bond motifs is 2. The zero-order valence-corrected chi connectivity index (χ0v) is 19.1. The molecular formula is C30H27N3O. The molecule has 0 fully saturated rings. The molecule has 0 saturated carbocycles. The Hall–Kier alpha value is -4.10. The molecule has 168 valence electrons. The van der Waals surface area contributed by atoms with Gasteiger partial charge in [-0.2, -0.15) is 5.26 Å². The number of carbonyl (C=O) groups excluding carboxylic acids is 1. The standard InChI is InChI=1S/C30H27N3O/c31-20-23-9-7-22(8-10-23)12-16-30(34)33-17-3-6-27-19-28(14-15-29(27)33)32-21-24-11-13-25-4-1-2-5-26(25)18-24/h1-2,4-5,7-11,13-15,18-19,32H,3,6,12,16-17,21H2. The zero-order chi connectivity index (χ0) is 23.3. The monoisotopic (exact) mass is 445 g/mol. The molecule has 4 aromatic rings. The molecule has 0 saturated heterocycles. The van der Waals surface area contributed by atoms with Crippen LogP contribution in [0.2, 0.25) is 0 Å². The molecule has 0 spiro atoms. The Labute approximate surface area is 200 Å². The van der Waals surface area contributed by atoms with Crippen LogP contribution >= 0.6 is 0 Å². The van der Waals surface area contributed by atoms with Gasteiger partial charge in [0.15, 0.2) is 0 Å². The molecule has 0 bridgehead atoms. The summed E-state index contributed by atoms with van der Waals surface area (Å²) >= 11 is 0. The number of amides is 1. The van der Waals surface area contributed by atoms with Crippen LogP contribution in [-0.2, 0) is 24.2 Å². The van der Waals surface area contributed by atoms with Crippen molar-refractivity contribution in [2.24, 2.45) is 0 Å². The average molecular weight is 446 g/mol. The van der Waals surface area contributed by atoms with Crippen molar-refractivity contribution in [3.63, 3.8) is 0 Å². The summed E-state index contributed by atoms with van der Waals surface area (Å²) in [6.45, 7) is 1.53. The number of anilines is 2. The molecule has 5 rings (SSSR count). The van der Waals surface area contributed by atoms with E-state index in [1.165, 1.54) is 21.9 Å². The Morgan fingerprint density at radius 3 is 2.53 bits per heavy atom. The average Bonchev–Trinajstić information content (AvgIpc) is 2.90. The summed E-state index contributed by atoms with van der Waals surface area (Å²) in [5.41, 5.74) is 6.31. The van der Waals surface area contributed by atoms with E-state index in [0.717, 1.165) is 42.9 Å². The number of rotatable bonds is 6. The van der Waals surface area contributed by atoms with Crippen LogP contribution in [0.3, 0.4) is 0 Å². The van der Waals surface area contributed by atoms with Crippen molar-refractivity contribution in [3.05, 3.63) is 107 Å². The predicted octanol–water partition coefficient (Wildman–Crippen LogP) is 6.24. The van der Waals surface area contributed by atoms with Crippen LogP contribution in [0.5, 0.6) is 0 Å². The van der Waals surface area contributed by atoms with E-state index < -0.39 is 0 Å². The van der Waals surface area contributed by atoms with E-state index >= 15 is 0 Å². The van der Waals surface area contributed by atoms with E-state index in [1.54, 1.807) is 0 Å². The number of carbonyl (C=O) groups is 1. The smallest absolute Gasteiger partial charge is 0.227 e. The van der Waals surface area contributed by atoms with Gasteiger partial charge in [-0.25, -0.2) is 0 Å². The molecule has 1 N–H and O–H groups in total. The molecule has 0 atom stereocenters. The molecule has 1 aliphatic heterocycles. The van der Waals surface area contributed by atoms with E-state index in [9.17, 15) is 4.79 Å². The molecular weight excluding hydrogens is 418 g/mol. The molecule has 0 radical (unpaired) electrons. The van der Waals surface area contributed by atoms with Crippen molar-refractivity contribution in [3.8, 4) is 6.07 Å². The minimum Gasteiger partial charge on any atom is -0.381 e. The first-order chi connectivity index (χ1) is 16.7. The summed E-state index contributed by atoms with van der Waals surface area (Å²) in [7, 11) is 0. The van der Waals surface area contributed by atoms with Crippen molar-refractivity contribution < 1.29 is 4.79 Å². The molecule has 4 aromatic carbocycles. The van der Waals surface area contributed by atoms with Crippen molar-refractivity contribution in [2.75, 3.05) is 16.8 Å². The molecule has 1 amide bonds. The van der Waals surface area contributed by atoms with Crippen LogP contribution in [0.15, 0.2) is 84.9 Å². The van der Waals surface area contributed by atoms with Gasteiger partial charge in [0.25, 0.3) is 0 Å². The number of nitrogens with zero attached hydrogens (tertiary/aromatic N) is 2. The van der Waals surface area contributed by atoms with E-state index in [1.807, 2.05) is 29.2 Å². The second-order valence-corrected chi connectivity index (χ2v) is 8.84. The molecule has 1 aliphatic rings. The Morgan fingerprint density at radius 2 is 1.71 bits per heavy atom. The number of aryl methyl sites for hydroxylation is 2. The normalized spacial score (nSPS) is 12.7. The highest BCUT2D eigenvalue weighted by Gasteiger charge is 2.22. The van der Waals surface area contributed by atoms with Crippen LogP contribution in [0.4, 0.5) is 11.4 Å². The molecule has 34 heavy (non-hydrogen) atoms. The van der Waals surface area contributed by atoms with Crippen molar-refractivity contribution >= 4 is 28.1 Å². The summed E-state index contributed by atoms with van der Waals surface area (Å²) in [5, 5.41) is 15.0. The Kier molecular flexibility index (Phi) is 6.27. The SMILES string of the molecule is N#Cc1ccc(CCC(=O)N2CCCc3cc(NCc4ccc5ccccc5c4)ccc32)cc1. The van der Waals surface area contributed by atoms with E-state index in [2.05, 4.69) is 72.0 Å². The van der Waals surface area contributed by atoms with Gasteiger partial charge in [-0.3, -0.25) is 4.79 Å². The first-order valence-electron chi connectivity index (χ1n) is 11.8. The third-order valence-electron chi connectivity index (χ3n) is 6.52. The van der Waals surface area contributed by atoms with Gasteiger partial charge >= 0.3 is 0 Å². The lowest BCUT2D eigenvalue weighted by Crippen LogP contribution is -2.35. The third kappa shape index (κ3) is 4.79. The van der Waals surface area contributed by atoms with Gasteiger partial charge in [-0.1, -0.05) is 48.5 Å². The van der Waals surface area contributed by atoms with Gasteiger partial charge in [-0.05, 0) is 83.1 Å². The summed E-state index contributed by atoms with van der Waals surface area (Å²) < 4.78 is 0. The lowest BCUT2D eigenvalue weighted by molar-refractivity contribution is -0.118. The number of benzene rings is 4. The highest BCUT2D eigenvalue weighted by molar-refractivity contribution is 5.95. The quantitative estimate of drug-likeness (QED) is 0.382. The summed E-state index contributed by atoms with van der Waals surface area (Å²) in [6.07, 6.45) is 3.11. The maximum atomic E-state index is 13.0. The maximum absolute atomic E-state index is 13.0. The minimum atomic E-state index is 0.155. The fraction of sp³-hybridized carbons (Fsp3) is 0.200. The number of nitrogens with one attached hydrogen (secondary N) is 1. The molecule has 1 heterocycles. The molecule has 4 heteroatoms. The molecule has 0 aliphatic carbocycles. The first-order valence-corrected chi connectivity index (χ1v) is 11.8. The summed E-state index contributed by atoms with van der Waals surface area (Å²) in [6, 6.07) is 30.9. The van der Waals surface area contributed by atoms with Crippen molar-refractivity contribution in [1.29, 1.82) is 5.26 Å². The highest BCUT2D eigenvalue weighted by Crippen LogP contribution is 2.30. The van der Waals surface area contributed by atoms with Gasteiger partial charge in [-0.15, -0.1) is 0 Å². The third-order valence-corrected chi connectivity index (χ3v) is 6.52. The Morgan fingerprint density at radius 1 is 0.912 bits per heavy atom. The van der Waals surface area contributed by atoms with Gasteiger partial charge in [0.1, 0.15) is 0 Å². The van der Waals surface area contributed by atoms with E-state index in [-0.39, 0.29) is 5.91 Å². The van der Waals surface area contributed by atoms with Crippen LogP contribution in [0.1, 0.15) is 35.1 Å². The number of nitriles is 1. The Balaban J connectivity index is 1.23. The van der Waals surface area contributed by atoms with Gasteiger partial charge in [0.2, 0.25) is 5.91 Å². The second-order valence-electron chi connectivity index (χ2n) is 8.84. The topological polar surface area (TPSA) is 56.1 Å². The van der Waals surface area contributed by atoms with Crippen LogP contribution in [0.25, 0.3) is 10.8 Å². The lowest BCUT2D eigenvalue weighted by Gasteiger charge is -2.30. The van der Waals surface area contributed by atoms with Crippen molar-refractivity contribution in [1.82, 2.24) is 0 Å². The first kappa shape index (κ1) is 21.7. The number of hydrogen-bond acceptors (Lipinski definition) is 3. The molecule has 4 nitrogen and oxygen atoms in total. The predicted molar refractivity (Wildman–Crippen MR) is 138 cm³/mol. The van der Waals surface area contributed by atoms with Crippen molar-refractivity contribution in [2.45, 2.75) is 32.2 Å². The summed E-state index contributed by atoms with van der Waals surface area (Å²) in [4.78, 5) is 15.0. The largest absolute Gasteiger partial charge is 0.381 e. The zero-order valence-electron chi connectivity index (χ0n) is 19.1. The fourth-order valence-corrected chi connectivity index (χ4v) is 4.65. The van der Waals surface area contributed by atoms with Gasteiger partial charge < -0.3 is 10.2 Å². The van der Waals surface area contributed by atoms with Gasteiger partial charge in [0, 0.05) is 30.9 Å². The van der Waals surface area contributed by atoms with Crippen LogP contribution < -0.4 is 10.2 Å². The minimum absolute atomic E-state index is 0.155. The van der Waals surface area contributed by atoms with E-state index in [0.29, 0.717) is 18.4 Å². The molecule has 0 aromatic heterocycles. The van der Waals surface area contributed by atoms with Gasteiger partial charge in [0.05, 0.1) is 11.6 Å². The second kappa shape index (κ2) is 9.80. The summed E-state index contributed by atoms with van der Waals surface area (Å²) in [5.74, 6) is 0.155. The van der Waals surface area contributed by atoms with Crippen LogP contribution in [0, 0.1) is 11.3 Å². The van der Waals surface area contributed by atoms with E-state index in [4.69, 9.17) is 5.26 Å². The highest BCUT2D eigenvalue weighted by atomic mass is 16.2. The van der Waals surface area contributed by atoms with Crippen LogP contribution in [-0.4, -0.2) is 12.5 Å². The molecule has 0 unspecified atom stereocenters. The Bertz CT molecular complexity index is 1370.